The van der Waals surface area contributed by atoms with Crippen molar-refractivity contribution in [2.24, 2.45) is 0 Å². The maximum absolute atomic E-state index is 13.0. The van der Waals surface area contributed by atoms with Crippen molar-refractivity contribution in [2.75, 3.05) is 11.9 Å². The number of rotatable bonds is 5. The molecule has 3 amide bonds. The number of carbonyl (C=O) groups excluding carboxylic acids is 3. The quantitative estimate of drug-likeness (QED) is 0.722. The molecule has 0 spiro atoms. The van der Waals surface area contributed by atoms with Crippen molar-refractivity contribution >= 4 is 34.2 Å². The first-order valence-corrected chi connectivity index (χ1v) is 11.4. The Labute approximate surface area is 178 Å². The number of anilines is 1. The Morgan fingerprint density at radius 2 is 1.93 bits per heavy atom. The first kappa shape index (κ1) is 19.2. The Balaban J connectivity index is 1.23. The third kappa shape index (κ3) is 3.60. The third-order valence-electron chi connectivity index (χ3n) is 5.95. The van der Waals surface area contributed by atoms with Crippen LogP contribution in [0.15, 0.2) is 24.3 Å². The number of nitrogens with one attached hydrogen (secondary N) is 2. The van der Waals surface area contributed by atoms with Crippen LogP contribution in [0.4, 0.5) is 5.13 Å². The van der Waals surface area contributed by atoms with Crippen LogP contribution in [0.25, 0.3) is 0 Å². The summed E-state index contributed by atoms with van der Waals surface area (Å²) in [6, 6.07) is 6.68. The number of benzene rings is 1. The lowest BCUT2D eigenvalue weighted by Crippen LogP contribution is -2.42. The first-order chi connectivity index (χ1) is 14.6. The van der Waals surface area contributed by atoms with Gasteiger partial charge in [-0.3, -0.25) is 14.4 Å². The summed E-state index contributed by atoms with van der Waals surface area (Å²) in [6.07, 6.45) is 7.34. The molecule has 0 saturated heterocycles. The summed E-state index contributed by atoms with van der Waals surface area (Å²) in [6.45, 7) is -0.144. The van der Waals surface area contributed by atoms with Gasteiger partial charge in [-0.2, -0.15) is 0 Å². The first-order valence-electron chi connectivity index (χ1n) is 10.6. The van der Waals surface area contributed by atoms with Gasteiger partial charge in [0, 0.05) is 16.5 Å². The molecule has 0 radical (unpaired) electrons. The maximum Gasteiger partial charge on any atom is 0.255 e. The van der Waals surface area contributed by atoms with Crippen LogP contribution < -0.4 is 10.6 Å². The number of nitrogens with zero attached hydrogens (tertiary/aromatic N) is 2. The lowest BCUT2D eigenvalue weighted by atomic mass is 10.0. The second-order valence-electron chi connectivity index (χ2n) is 8.15. The largest absolute Gasteiger partial charge is 0.345 e. The average Bonchev–Trinajstić information content (AvgIpc) is 3.49. The van der Waals surface area contributed by atoms with Gasteiger partial charge in [-0.05, 0) is 50.2 Å². The molecule has 1 saturated carbocycles. The summed E-state index contributed by atoms with van der Waals surface area (Å²) in [5.41, 5.74) is 2.40. The normalized spacial score (nSPS) is 20.3. The Bertz CT molecular complexity index is 990. The highest BCUT2D eigenvalue weighted by molar-refractivity contribution is 7.15. The van der Waals surface area contributed by atoms with Crippen LogP contribution in [0.3, 0.4) is 0 Å². The summed E-state index contributed by atoms with van der Waals surface area (Å²) >= 11 is 1.53. The molecule has 1 aromatic carbocycles. The summed E-state index contributed by atoms with van der Waals surface area (Å²) in [7, 11) is 0. The Kier molecular flexibility index (Phi) is 5.02. The summed E-state index contributed by atoms with van der Waals surface area (Å²) < 4.78 is 0. The number of amides is 3. The highest BCUT2D eigenvalue weighted by Crippen LogP contribution is 2.41. The van der Waals surface area contributed by atoms with Crippen LogP contribution >= 0.6 is 11.3 Å². The zero-order chi connectivity index (χ0) is 20.7. The van der Waals surface area contributed by atoms with Crippen molar-refractivity contribution in [2.45, 2.75) is 57.0 Å². The molecule has 156 valence electrons. The molecule has 2 heterocycles. The zero-order valence-electron chi connectivity index (χ0n) is 16.6. The Morgan fingerprint density at radius 3 is 2.77 bits per heavy atom. The highest BCUT2D eigenvalue weighted by Gasteiger charge is 2.47. The second-order valence-corrected chi connectivity index (χ2v) is 9.23. The van der Waals surface area contributed by atoms with E-state index in [-0.39, 0.29) is 30.3 Å². The molecule has 30 heavy (non-hydrogen) atoms. The average molecular weight is 425 g/mol. The lowest BCUT2D eigenvalue weighted by molar-refractivity contribution is -0.127. The molecule has 2 aromatic rings. The van der Waals surface area contributed by atoms with E-state index in [0.717, 1.165) is 49.8 Å². The molecule has 0 bridgehead atoms. The molecule has 1 aromatic heterocycles. The van der Waals surface area contributed by atoms with Crippen LogP contribution in [0, 0.1) is 0 Å². The number of fused-ring (bicyclic) bond motifs is 2. The van der Waals surface area contributed by atoms with Crippen LogP contribution in [0.5, 0.6) is 0 Å². The Hall–Kier alpha value is -2.74. The van der Waals surface area contributed by atoms with Crippen molar-refractivity contribution in [3.63, 3.8) is 0 Å². The number of carbonyl (C=O) groups is 3. The minimum atomic E-state index is -0.662. The molecule has 2 N–H and O–H groups in total. The zero-order valence-corrected chi connectivity index (χ0v) is 17.5. The second kappa shape index (κ2) is 7.83. The highest BCUT2D eigenvalue weighted by atomic mass is 32.1. The van der Waals surface area contributed by atoms with Crippen molar-refractivity contribution < 1.29 is 14.4 Å². The molecule has 8 heteroatoms. The monoisotopic (exact) mass is 424 g/mol. The van der Waals surface area contributed by atoms with Gasteiger partial charge in [0.15, 0.2) is 5.13 Å². The molecular formula is C22H24N4O3S. The van der Waals surface area contributed by atoms with Gasteiger partial charge < -0.3 is 15.5 Å². The number of hydrogen-bond acceptors (Lipinski definition) is 5. The molecule has 5 rings (SSSR count). The van der Waals surface area contributed by atoms with Gasteiger partial charge in [0.1, 0.15) is 6.04 Å². The van der Waals surface area contributed by atoms with E-state index in [1.807, 2.05) is 18.2 Å². The van der Waals surface area contributed by atoms with Crippen molar-refractivity contribution in [1.82, 2.24) is 15.2 Å². The molecule has 1 unspecified atom stereocenters. The molecular weight excluding hydrogens is 400 g/mol. The van der Waals surface area contributed by atoms with Crippen LogP contribution in [-0.4, -0.2) is 40.2 Å². The van der Waals surface area contributed by atoms with Crippen LogP contribution in [0.2, 0.25) is 0 Å². The topological polar surface area (TPSA) is 91.4 Å². The van der Waals surface area contributed by atoms with E-state index in [1.165, 1.54) is 22.6 Å². The van der Waals surface area contributed by atoms with Crippen molar-refractivity contribution in [3.8, 4) is 0 Å². The fourth-order valence-corrected chi connectivity index (χ4v) is 5.41. The maximum atomic E-state index is 13.0. The fraction of sp³-hybridized carbons (Fsp3) is 0.455. The van der Waals surface area contributed by atoms with Crippen LogP contribution in [-0.2, 0) is 22.4 Å². The van der Waals surface area contributed by atoms with Gasteiger partial charge >= 0.3 is 0 Å². The van der Waals surface area contributed by atoms with E-state index in [9.17, 15) is 14.4 Å². The summed E-state index contributed by atoms with van der Waals surface area (Å²) in [5.74, 6) is -0.713. The molecule has 1 aliphatic heterocycles. The summed E-state index contributed by atoms with van der Waals surface area (Å²) in [5, 5.41) is 6.13. The predicted octanol–water partition coefficient (Wildman–Crippen LogP) is 2.83. The minimum absolute atomic E-state index is 0.0954. The predicted molar refractivity (Wildman–Crippen MR) is 113 cm³/mol. The van der Waals surface area contributed by atoms with Gasteiger partial charge in [0.05, 0.1) is 12.2 Å². The van der Waals surface area contributed by atoms with Gasteiger partial charge in [0.2, 0.25) is 11.8 Å². The van der Waals surface area contributed by atoms with Gasteiger partial charge in [-0.25, -0.2) is 4.98 Å². The molecule has 7 nitrogen and oxygen atoms in total. The molecule has 3 aliphatic rings. The SMILES string of the molecule is O=C(CNC(=O)C1c2ccccc2C(=O)N1C1CC1)Nc1nc2c(s1)CCCCC2. The van der Waals surface area contributed by atoms with E-state index >= 15 is 0 Å². The van der Waals surface area contributed by atoms with E-state index in [2.05, 4.69) is 15.6 Å². The lowest BCUT2D eigenvalue weighted by Gasteiger charge is -2.24. The van der Waals surface area contributed by atoms with Gasteiger partial charge in [0.25, 0.3) is 5.91 Å². The van der Waals surface area contributed by atoms with E-state index < -0.39 is 6.04 Å². The van der Waals surface area contributed by atoms with Crippen LogP contribution in [0.1, 0.15) is 64.6 Å². The number of aromatic nitrogens is 1. The van der Waals surface area contributed by atoms with E-state index in [1.54, 1.807) is 11.0 Å². The number of thiazole rings is 1. The van der Waals surface area contributed by atoms with Crippen molar-refractivity contribution in [1.29, 1.82) is 0 Å². The molecule has 1 atom stereocenters. The number of aryl methyl sites for hydroxylation is 2. The standard InChI is InChI=1S/C22H24N4O3S/c27-18(25-22-24-16-8-2-1-3-9-17(16)30-22)12-23-20(28)19-14-6-4-5-7-15(14)21(29)26(19)13-10-11-13/h4-7,13,19H,1-3,8-12H2,(H,23,28)(H,24,25,27). The molecule has 1 fully saturated rings. The fourth-order valence-electron chi connectivity index (χ4n) is 4.34. The van der Waals surface area contributed by atoms with Gasteiger partial charge in [-0.1, -0.05) is 24.6 Å². The number of hydrogen-bond donors (Lipinski definition) is 2. The smallest absolute Gasteiger partial charge is 0.255 e. The van der Waals surface area contributed by atoms with Gasteiger partial charge in [-0.15, -0.1) is 11.3 Å². The minimum Gasteiger partial charge on any atom is -0.345 e. The molecule has 2 aliphatic carbocycles. The van der Waals surface area contributed by atoms with E-state index in [4.69, 9.17) is 0 Å². The summed E-state index contributed by atoms with van der Waals surface area (Å²) in [4.78, 5) is 45.6. The van der Waals surface area contributed by atoms with Crippen molar-refractivity contribution in [3.05, 3.63) is 46.0 Å². The third-order valence-corrected chi connectivity index (χ3v) is 7.03. The van der Waals surface area contributed by atoms with E-state index in [0.29, 0.717) is 10.7 Å². The Morgan fingerprint density at radius 1 is 1.13 bits per heavy atom.